The first-order valence-corrected chi connectivity index (χ1v) is 5.13. The molecule has 0 bridgehead atoms. The number of hydrogen-bond donors (Lipinski definition) is 1. The van der Waals surface area contributed by atoms with Crippen molar-refractivity contribution in [3.63, 3.8) is 0 Å². The van der Waals surface area contributed by atoms with Crippen molar-refractivity contribution in [3.8, 4) is 0 Å². The lowest BCUT2D eigenvalue weighted by Gasteiger charge is -1.99. The van der Waals surface area contributed by atoms with Crippen LogP contribution in [0.1, 0.15) is 16.1 Å². The summed E-state index contributed by atoms with van der Waals surface area (Å²) in [6.45, 7) is 1.78. The molecule has 0 amide bonds. The first kappa shape index (κ1) is 10.6. The minimum atomic E-state index is -1.05. The van der Waals surface area contributed by atoms with Gasteiger partial charge in [-0.15, -0.1) is 5.10 Å². The molecule has 0 unspecified atom stereocenters. The molecule has 82 valence electrons. The number of aromatic nitrogens is 3. The maximum Gasteiger partial charge on any atom is 0.338 e. The van der Waals surface area contributed by atoms with Gasteiger partial charge in [-0.1, -0.05) is 0 Å². The van der Waals surface area contributed by atoms with Crippen LogP contribution in [0.15, 0.2) is 33.2 Å². The summed E-state index contributed by atoms with van der Waals surface area (Å²) >= 11 is 1.03. The molecule has 0 fully saturated rings. The van der Waals surface area contributed by atoms with E-state index in [1.165, 1.54) is 18.5 Å². The van der Waals surface area contributed by atoms with Crippen LogP contribution in [0.25, 0.3) is 0 Å². The number of oxazole rings is 1. The highest BCUT2D eigenvalue weighted by Gasteiger charge is 2.14. The molecule has 0 aliphatic heterocycles. The van der Waals surface area contributed by atoms with Crippen LogP contribution < -0.4 is 0 Å². The third-order valence-electron chi connectivity index (χ3n) is 1.70. The van der Waals surface area contributed by atoms with Gasteiger partial charge in [0.25, 0.3) is 5.22 Å². The average Bonchev–Trinajstić information content (AvgIpc) is 2.64. The Morgan fingerprint density at radius 2 is 2.38 bits per heavy atom. The molecule has 0 saturated carbocycles. The molecule has 2 aromatic rings. The fourth-order valence-electron chi connectivity index (χ4n) is 1.02. The second-order valence-electron chi connectivity index (χ2n) is 2.91. The largest absolute Gasteiger partial charge is 0.478 e. The van der Waals surface area contributed by atoms with Crippen molar-refractivity contribution >= 4 is 17.7 Å². The van der Waals surface area contributed by atoms with E-state index >= 15 is 0 Å². The molecular formula is C9H7N3O3S. The number of nitrogens with zero attached hydrogens (tertiary/aromatic N) is 3. The van der Waals surface area contributed by atoms with Crippen LogP contribution in [0.3, 0.4) is 0 Å². The van der Waals surface area contributed by atoms with E-state index < -0.39 is 5.97 Å². The van der Waals surface area contributed by atoms with Gasteiger partial charge in [-0.3, -0.25) is 0 Å². The Labute approximate surface area is 94.7 Å². The van der Waals surface area contributed by atoms with Crippen LogP contribution in [0.2, 0.25) is 0 Å². The molecule has 1 N–H and O–H groups in total. The van der Waals surface area contributed by atoms with Crippen LogP contribution in [-0.4, -0.2) is 26.3 Å². The van der Waals surface area contributed by atoms with Gasteiger partial charge in [-0.05, 0) is 24.8 Å². The van der Waals surface area contributed by atoms with E-state index in [2.05, 4.69) is 15.2 Å². The summed E-state index contributed by atoms with van der Waals surface area (Å²) < 4.78 is 5.09. The molecule has 0 radical (unpaired) electrons. The minimum Gasteiger partial charge on any atom is -0.478 e. The second-order valence-corrected chi connectivity index (χ2v) is 3.85. The highest BCUT2D eigenvalue weighted by Crippen LogP contribution is 2.27. The molecule has 0 saturated heterocycles. The first-order chi connectivity index (χ1) is 7.66. The number of rotatable bonds is 3. The summed E-state index contributed by atoms with van der Waals surface area (Å²) in [5, 5.41) is 16.9. The normalized spacial score (nSPS) is 10.3. The van der Waals surface area contributed by atoms with Gasteiger partial charge in [-0.25, -0.2) is 9.78 Å². The van der Waals surface area contributed by atoms with Crippen molar-refractivity contribution in [2.75, 3.05) is 0 Å². The lowest BCUT2D eigenvalue weighted by atomic mass is 10.3. The van der Waals surface area contributed by atoms with E-state index in [0.717, 1.165) is 17.5 Å². The SMILES string of the molecule is Cc1coc(Sc2nnccc2C(=O)O)n1. The van der Waals surface area contributed by atoms with E-state index in [0.29, 0.717) is 5.22 Å². The third-order valence-corrected chi connectivity index (χ3v) is 2.56. The highest BCUT2D eigenvalue weighted by atomic mass is 32.2. The van der Waals surface area contributed by atoms with Gasteiger partial charge >= 0.3 is 5.97 Å². The van der Waals surface area contributed by atoms with Crippen LogP contribution in [0, 0.1) is 6.92 Å². The molecule has 2 aromatic heterocycles. The predicted octanol–water partition coefficient (Wildman–Crippen LogP) is 1.62. The molecule has 2 heterocycles. The zero-order chi connectivity index (χ0) is 11.5. The number of carbonyl (C=O) groups is 1. The summed E-state index contributed by atoms with van der Waals surface area (Å²) in [5.41, 5.74) is 0.805. The topological polar surface area (TPSA) is 89.1 Å². The number of carboxylic acid groups (broad SMARTS) is 1. The molecule has 0 aromatic carbocycles. The quantitative estimate of drug-likeness (QED) is 0.867. The molecule has 0 atom stereocenters. The van der Waals surface area contributed by atoms with Crippen molar-refractivity contribution in [3.05, 3.63) is 29.8 Å². The van der Waals surface area contributed by atoms with E-state index in [1.54, 1.807) is 6.92 Å². The molecule has 0 aliphatic rings. The lowest BCUT2D eigenvalue weighted by molar-refractivity contribution is 0.0692. The maximum atomic E-state index is 10.9. The zero-order valence-electron chi connectivity index (χ0n) is 8.25. The van der Waals surface area contributed by atoms with Crippen LogP contribution in [0.5, 0.6) is 0 Å². The number of hydrogen-bond acceptors (Lipinski definition) is 6. The van der Waals surface area contributed by atoms with Crippen LogP contribution in [-0.2, 0) is 0 Å². The van der Waals surface area contributed by atoms with Crippen molar-refractivity contribution in [1.82, 2.24) is 15.2 Å². The van der Waals surface area contributed by atoms with Crippen LogP contribution >= 0.6 is 11.8 Å². The van der Waals surface area contributed by atoms with Gasteiger partial charge in [0, 0.05) is 0 Å². The number of aryl methyl sites for hydroxylation is 1. The van der Waals surface area contributed by atoms with Crippen molar-refractivity contribution in [1.29, 1.82) is 0 Å². The Morgan fingerprint density at radius 1 is 1.56 bits per heavy atom. The number of carboxylic acids is 1. The molecule has 2 rings (SSSR count). The third kappa shape index (κ3) is 2.19. The van der Waals surface area contributed by atoms with Gasteiger partial charge < -0.3 is 9.52 Å². The fourth-order valence-corrected chi connectivity index (χ4v) is 1.82. The summed E-state index contributed by atoms with van der Waals surface area (Å²) in [4.78, 5) is 14.9. The number of aromatic carboxylic acids is 1. The predicted molar refractivity (Wildman–Crippen MR) is 54.4 cm³/mol. The summed E-state index contributed by atoms with van der Waals surface area (Å²) in [7, 11) is 0. The van der Waals surface area contributed by atoms with E-state index in [4.69, 9.17) is 9.52 Å². The van der Waals surface area contributed by atoms with E-state index in [1.807, 2.05) is 0 Å². The lowest BCUT2D eigenvalue weighted by Crippen LogP contribution is -2.01. The van der Waals surface area contributed by atoms with Crippen molar-refractivity contribution in [2.24, 2.45) is 0 Å². The maximum absolute atomic E-state index is 10.9. The molecule has 0 spiro atoms. The summed E-state index contributed by atoms with van der Waals surface area (Å²) in [5.74, 6) is -1.05. The molecule has 16 heavy (non-hydrogen) atoms. The van der Waals surface area contributed by atoms with Gasteiger partial charge in [0.05, 0.1) is 17.5 Å². The summed E-state index contributed by atoms with van der Waals surface area (Å²) in [6, 6.07) is 1.38. The standard InChI is InChI=1S/C9H7N3O3S/c1-5-4-15-9(11-5)16-7-6(8(13)14)2-3-10-12-7/h2-4H,1H3,(H,13,14). The first-order valence-electron chi connectivity index (χ1n) is 4.32. The van der Waals surface area contributed by atoms with Crippen LogP contribution in [0.4, 0.5) is 0 Å². The molecular weight excluding hydrogens is 230 g/mol. The Balaban J connectivity index is 2.31. The smallest absolute Gasteiger partial charge is 0.338 e. The van der Waals surface area contributed by atoms with Gasteiger partial charge in [0.15, 0.2) is 0 Å². The zero-order valence-corrected chi connectivity index (χ0v) is 9.06. The Morgan fingerprint density at radius 3 is 3.00 bits per heavy atom. The van der Waals surface area contributed by atoms with Gasteiger partial charge in [0.2, 0.25) is 0 Å². The Hall–Kier alpha value is -1.89. The molecule has 0 aliphatic carbocycles. The van der Waals surface area contributed by atoms with Crippen molar-refractivity contribution in [2.45, 2.75) is 17.2 Å². The molecule has 7 heteroatoms. The van der Waals surface area contributed by atoms with E-state index in [-0.39, 0.29) is 10.6 Å². The second kappa shape index (κ2) is 4.31. The Kier molecular flexibility index (Phi) is 2.86. The minimum absolute atomic E-state index is 0.0795. The monoisotopic (exact) mass is 237 g/mol. The van der Waals surface area contributed by atoms with Crippen molar-refractivity contribution < 1.29 is 14.3 Å². The Bertz CT molecular complexity index is 526. The fraction of sp³-hybridized carbons (Fsp3) is 0.111. The van der Waals surface area contributed by atoms with E-state index in [9.17, 15) is 4.79 Å². The molecule has 6 nitrogen and oxygen atoms in total. The average molecular weight is 237 g/mol. The van der Waals surface area contributed by atoms with Gasteiger partial charge in [0.1, 0.15) is 11.3 Å². The summed E-state index contributed by atoms with van der Waals surface area (Å²) in [6.07, 6.45) is 2.81. The highest BCUT2D eigenvalue weighted by molar-refractivity contribution is 7.99. The van der Waals surface area contributed by atoms with Gasteiger partial charge in [-0.2, -0.15) is 5.10 Å².